The molecule has 0 atom stereocenters. The van der Waals surface area contributed by atoms with Gasteiger partial charge >= 0.3 is 11.7 Å². The van der Waals surface area contributed by atoms with Crippen LogP contribution in [0.2, 0.25) is 0 Å². The molecule has 19 heavy (non-hydrogen) atoms. The average Bonchev–Trinajstić information content (AvgIpc) is 2.39. The number of thioether (sulfide) groups is 1. The Balaban J connectivity index is 2.30. The summed E-state index contributed by atoms with van der Waals surface area (Å²) in [6.07, 6.45) is 0. The first kappa shape index (κ1) is 15.3. The molecule has 0 fully saturated rings. The molecule has 6 nitrogen and oxygen atoms in total. The van der Waals surface area contributed by atoms with Crippen LogP contribution in [0.4, 0.5) is 5.69 Å². The summed E-state index contributed by atoms with van der Waals surface area (Å²) in [6.45, 7) is 2.42. The van der Waals surface area contributed by atoms with Crippen molar-refractivity contribution in [2.45, 2.75) is 6.92 Å². The molecule has 0 saturated carbocycles. The van der Waals surface area contributed by atoms with Crippen LogP contribution in [-0.4, -0.2) is 35.6 Å². The number of hydrogen-bond acceptors (Lipinski definition) is 6. The van der Waals surface area contributed by atoms with Gasteiger partial charge in [-0.3, -0.25) is 14.9 Å². The maximum absolute atomic E-state index is 11.0. The minimum Gasteiger partial charge on any atom is -0.486 e. The fourth-order valence-electron chi connectivity index (χ4n) is 1.30. The van der Waals surface area contributed by atoms with Crippen molar-refractivity contribution in [2.24, 2.45) is 0 Å². The van der Waals surface area contributed by atoms with Crippen molar-refractivity contribution in [3.63, 3.8) is 0 Å². The van der Waals surface area contributed by atoms with Crippen LogP contribution in [0.25, 0.3) is 0 Å². The van der Waals surface area contributed by atoms with E-state index >= 15 is 0 Å². The van der Waals surface area contributed by atoms with Crippen LogP contribution in [0, 0.1) is 10.1 Å². The summed E-state index contributed by atoms with van der Waals surface area (Å²) < 4.78 is 10.1. The Morgan fingerprint density at radius 3 is 2.84 bits per heavy atom. The number of esters is 1. The van der Waals surface area contributed by atoms with Crippen molar-refractivity contribution in [3.05, 3.63) is 34.4 Å². The van der Waals surface area contributed by atoms with Gasteiger partial charge in [0.25, 0.3) is 0 Å². The maximum Gasteiger partial charge on any atom is 0.315 e. The zero-order chi connectivity index (χ0) is 14.1. The first-order valence-corrected chi connectivity index (χ1v) is 6.90. The van der Waals surface area contributed by atoms with E-state index in [2.05, 4.69) is 0 Å². The number of benzene rings is 1. The highest BCUT2D eigenvalue weighted by Gasteiger charge is 2.13. The van der Waals surface area contributed by atoms with E-state index in [1.807, 2.05) is 0 Å². The Morgan fingerprint density at radius 2 is 2.16 bits per heavy atom. The van der Waals surface area contributed by atoms with E-state index < -0.39 is 4.92 Å². The summed E-state index contributed by atoms with van der Waals surface area (Å²) in [5.41, 5.74) is -0.0575. The zero-order valence-corrected chi connectivity index (χ0v) is 11.4. The van der Waals surface area contributed by atoms with Gasteiger partial charge in [-0.1, -0.05) is 12.1 Å². The van der Waals surface area contributed by atoms with Crippen molar-refractivity contribution in [3.8, 4) is 5.75 Å². The largest absolute Gasteiger partial charge is 0.486 e. The van der Waals surface area contributed by atoms with E-state index in [9.17, 15) is 14.9 Å². The standard InChI is InChI=1S/C12H15NO5S/c1-2-17-12(14)9-19-8-7-18-11-6-4-3-5-10(11)13(15)16/h3-6H,2,7-9H2,1H3. The molecule has 1 aromatic carbocycles. The Labute approximate surface area is 115 Å². The molecule has 0 radical (unpaired) electrons. The molecule has 0 spiro atoms. The number of nitrogens with zero attached hydrogens (tertiary/aromatic N) is 1. The van der Waals surface area contributed by atoms with Gasteiger partial charge in [0.05, 0.1) is 23.9 Å². The second kappa shape index (κ2) is 8.36. The van der Waals surface area contributed by atoms with Crippen molar-refractivity contribution in [1.29, 1.82) is 0 Å². The predicted octanol–water partition coefficient (Wildman–Crippen LogP) is 2.27. The van der Waals surface area contributed by atoms with Crippen LogP contribution in [0.5, 0.6) is 5.75 Å². The van der Waals surface area contributed by atoms with Crippen LogP contribution in [0.3, 0.4) is 0 Å². The van der Waals surface area contributed by atoms with Gasteiger partial charge in [0.1, 0.15) is 0 Å². The number of carbonyl (C=O) groups is 1. The molecule has 0 heterocycles. The van der Waals surface area contributed by atoms with Crippen LogP contribution >= 0.6 is 11.8 Å². The number of nitro benzene ring substituents is 1. The Morgan fingerprint density at radius 1 is 1.42 bits per heavy atom. The smallest absolute Gasteiger partial charge is 0.315 e. The van der Waals surface area contributed by atoms with E-state index in [0.717, 1.165) is 0 Å². The summed E-state index contributed by atoms with van der Waals surface area (Å²) in [4.78, 5) is 21.3. The summed E-state index contributed by atoms with van der Waals surface area (Å²) in [7, 11) is 0. The molecule has 1 rings (SSSR count). The molecular formula is C12H15NO5S. The molecule has 7 heteroatoms. The first-order valence-electron chi connectivity index (χ1n) is 5.74. The molecule has 0 aliphatic heterocycles. The molecular weight excluding hydrogens is 270 g/mol. The van der Waals surface area contributed by atoms with Gasteiger partial charge < -0.3 is 9.47 Å². The highest BCUT2D eigenvalue weighted by molar-refractivity contribution is 7.99. The Hall–Kier alpha value is -1.76. The zero-order valence-electron chi connectivity index (χ0n) is 10.5. The third kappa shape index (κ3) is 5.60. The first-order chi connectivity index (χ1) is 9.15. The lowest BCUT2D eigenvalue weighted by molar-refractivity contribution is -0.385. The summed E-state index contributed by atoms with van der Waals surface area (Å²) in [6, 6.07) is 6.20. The molecule has 1 aromatic rings. The molecule has 104 valence electrons. The lowest BCUT2D eigenvalue weighted by atomic mass is 10.3. The second-order valence-corrected chi connectivity index (χ2v) is 4.54. The van der Waals surface area contributed by atoms with Gasteiger partial charge in [0, 0.05) is 11.8 Å². The van der Waals surface area contributed by atoms with Gasteiger partial charge in [0.2, 0.25) is 0 Å². The summed E-state index contributed by atoms with van der Waals surface area (Å²) >= 11 is 1.37. The van der Waals surface area contributed by atoms with Crippen molar-refractivity contribution in [2.75, 3.05) is 24.7 Å². The van der Waals surface area contributed by atoms with Crippen molar-refractivity contribution in [1.82, 2.24) is 0 Å². The molecule has 0 N–H and O–H groups in total. The van der Waals surface area contributed by atoms with Gasteiger partial charge in [-0.2, -0.15) is 0 Å². The van der Waals surface area contributed by atoms with Crippen LogP contribution in [-0.2, 0) is 9.53 Å². The fourth-order valence-corrected chi connectivity index (χ4v) is 1.89. The molecule has 0 aliphatic rings. The number of carbonyl (C=O) groups excluding carboxylic acids is 1. The molecule has 0 aromatic heterocycles. The van der Waals surface area contributed by atoms with Gasteiger partial charge in [-0.15, -0.1) is 11.8 Å². The third-order valence-electron chi connectivity index (χ3n) is 2.07. The number of para-hydroxylation sites is 2. The van der Waals surface area contributed by atoms with E-state index in [-0.39, 0.29) is 23.2 Å². The third-order valence-corrected chi connectivity index (χ3v) is 2.97. The van der Waals surface area contributed by atoms with E-state index in [4.69, 9.17) is 9.47 Å². The van der Waals surface area contributed by atoms with Gasteiger partial charge in [-0.25, -0.2) is 0 Å². The minimum absolute atomic E-state index is 0.0575. The summed E-state index contributed by atoms with van der Waals surface area (Å²) in [5, 5.41) is 10.7. The highest BCUT2D eigenvalue weighted by Crippen LogP contribution is 2.25. The highest BCUT2D eigenvalue weighted by atomic mass is 32.2. The lowest BCUT2D eigenvalue weighted by Crippen LogP contribution is -2.09. The number of ether oxygens (including phenoxy) is 2. The normalized spacial score (nSPS) is 9.95. The van der Waals surface area contributed by atoms with Crippen LogP contribution < -0.4 is 4.74 Å². The van der Waals surface area contributed by atoms with Gasteiger partial charge in [-0.05, 0) is 13.0 Å². The minimum atomic E-state index is -0.485. The molecule has 0 amide bonds. The molecule has 0 saturated heterocycles. The molecule has 0 aliphatic carbocycles. The number of hydrogen-bond donors (Lipinski definition) is 0. The van der Waals surface area contributed by atoms with Crippen LogP contribution in [0.15, 0.2) is 24.3 Å². The van der Waals surface area contributed by atoms with Crippen molar-refractivity contribution >= 4 is 23.4 Å². The van der Waals surface area contributed by atoms with Crippen LogP contribution in [0.1, 0.15) is 6.92 Å². The SMILES string of the molecule is CCOC(=O)CSCCOc1ccccc1[N+](=O)[O-]. The molecule has 0 unspecified atom stereocenters. The van der Waals surface area contributed by atoms with E-state index in [0.29, 0.717) is 19.0 Å². The Bertz CT molecular complexity index is 438. The average molecular weight is 285 g/mol. The monoisotopic (exact) mass is 285 g/mol. The quantitative estimate of drug-likeness (QED) is 0.315. The van der Waals surface area contributed by atoms with Gasteiger partial charge in [0.15, 0.2) is 5.75 Å². The molecule has 0 bridgehead atoms. The van der Waals surface area contributed by atoms with E-state index in [1.54, 1.807) is 25.1 Å². The number of nitro groups is 1. The predicted molar refractivity (Wildman–Crippen MR) is 72.5 cm³/mol. The second-order valence-electron chi connectivity index (χ2n) is 3.43. The topological polar surface area (TPSA) is 78.7 Å². The maximum atomic E-state index is 11.0. The lowest BCUT2D eigenvalue weighted by Gasteiger charge is -2.06. The van der Waals surface area contributed by atoms with Crippen molar-refractivity contribution < 1.29 is 19.2 Å². The van der Waals surface area contributed by atoms with E-state index in [1.165, 1.54) is 17.8 Å². The number of rotatable bonds is 8. The fraction of sp³-hybridized carbons (Fsp3) is 0.417. The Kier molecular flexibility index (Phi) is 6.73. The summed E-state index contributed by atoms with van der Waals surface area (Å²) in [5.74, 6) is 0.793.